The van der Waals surface area contributed by atoms with Gasteiger partial charge in [-0.25, -0.2) is 19.6 Å². The number of hydrogen-bond donors (Lipinski definition) is 1. The van der Waals surface area contributed by atoms with Crippen LogP contribution in [0.3, 0.4) is 0 Å². The lowest BCUT2D eigenvalue weighted by atomic mass is 10.2. The molecule has 10 nitrogen and oxygen atoms in total. The van der Waals surface area contributed by atoms with E-state index in [-0.39, 0.29) is 5.56 Å². The minimum atomic E-state index is -0.241. The maximum absolute atomic E-state index is 13.6. The molecule has 1 aliphatic rings. The smallest absolute Gasteiger partial charge is 0.284 e. The first kappa shape index (κ1) is 21.9. The molecular weight excluding hydrogens is 486 g/mol. The van der Waals surface area contributed by atoms with Crippen molar-refractivity contribution in [2.75, 3.05) is 43.4 Å². The number of aromatic nitrogens is 6. The number of nitrogens with one attached hydrogen (secondary N) is 1. The van der Waals surface area contributed by atoms with Crippen LogP contribution >= 0.6 is 11.3 Å². The van der Waals surface area contributed by atoms with Crippen molar-refractivity contribution in [2.45, 2.75) is 0 Å². The average Bonchev–Trinajstić information content (AvgIpc) is 3.56. The van der Waals surface area contributed by atoms with Crippen molar-refractivity contribution in [1.29, 1.82) is 0 Å². The van der Waals surface area contributed by atoms with Gasteiger partial charge in [-0.15, -0.1) is 11.3 Å². The van der Waals surface area contributed by atoms with Crippen LogP contribution in [0.2, 0.25) is 0 Å². The molecule has 0 unspecified atom stereocenters. The van der Waals surface area contributed by atoms with Crippen LogP contribution in [0, 0.1) is 0 Å². The van der Waals surface area contributed by atoms with E-state index in [0.29, 0.717) is 27.8 Å². The summed E-state index contributed by atoms with van der Waals surface area (Å²) >= 11 is 1.46. The number of piperazine rings is 1. The van der Waals surface area contributed by atoms with E-state index in [4.69, 9.17) is 4.98 Å². The molecular formula is C26H23N9OS. The molecule has 7 rings (SSSR count). The highest BCUT2D eigenvalue weighted by Gasteiger charge is 2.19. The van der Waals surface area contributed by atoms with Crippen molar-refractivity contribution in [3.05, 3.63) is 76.7 Å². The summed E-state index contributed by atoms with van der Waals surface area (Å²) in [4.78, 5) is 36.6. The topological polar surface area (TPSA) is 96.5 Å². The van der Waals surface area contributed by atoms with Crippen LogP contribution in [0.4, 0.5) is 17.3 Å². The Hall–Kier alpha value is -4.35. The zero-order chi connectivity index (χ0) is 24.9. The van der Waals surface area contributed by atoms with Gasteiger partial charge in [0.05, 0.1) is 5.52 Å². The van der Waals surface area contributed by atoms with Gasteiger partial charge in [-0.2, -0.15) is 9.50 Å². The number of likely N-dealkylation sites (N-methyl/N-ethyl adjacent to an activating group) is 1. The standard InChI is InChI=1S/C26H23N9OS/c1-32-11-13-33(14-12-32)18-8-6-17(7-9-18)29-25-28-16-20-22(31-25)30-23-19-4-2-3-5-21(19)34(35(23)24(20)36)26-27-10-15-37-26/h2-10,15-16H,11-14H2,1H3,(H,28,29,31). The van der Waals surface area contributed by atoms with Gasteiger partial charge in [-0.05, 0) is 43.4 Å². The molecule has 0 bridgehead atoms. The Labute approximate surface area is 215 Å². The van der Waals surface area contributed by atoms with E-state index in [1.54, 1.807) is 15.4 Å². The van der Waals surface area contributed by atoms with E-state index >= 15 is 0 Å². The number of nitrogens with zero attached hydrogens (tertiary/aromatic N) is 8. The lowest BCUT2D eigenvalue weighted by Gasteiger charge is -2.34. The monoisotopic (exact) mass is 509 g/mol. The van der Waals surface area contributed by atoms with Crippen molar-refractivity contribution in [1.82, 2.24) is 34.0 Å². The molecule has 0 atom stereocenters. The third-order valence-corrected chi connectivity index (χ3v) is 7.52. The summed E-state index contributed by atoms with van der Waals surface area (Å²) in [6.45, 7) is 4.17. The summed E-state index contributed by atoms with van der Waals surface area (Å²) in [6, 6.07) is 16.0. The Morgan fingerprint density at radius 1 is 0.919 bits per heavy atom. The zero-order valence-electron chi connectivity index (χ0n) is 20.1. The molecule has 1 N–H and O–H groups in total. The number of hydrogen-bond acceptors (Lipinski definition) is 9. The van der Waals surface area contributed by atoms with Crippen molar-refractivity contribution >= 4 is 56.2 Å². The largest absolute Gasteiger partial charge is 0.369 e. The molecule has 37 heavy (non-hydrogen) atoms. The van der Waals surface area contributed by atoms with E-state index in [1.807, 2.05) is 41.8 Å². The van der Waals surface area contributed by atoms with Gasteiger partial charge >= 0.3 is 0 Å². The predicted octanol–water partition coefficient (Wildman–Crippen LogP) is 3.53. The van der Waals surface area contributed by atoms with E-state index in [2.05, 4.69) is 49.2 Å². The van der Waals surface area contributed by atoms with Gasteiger partial charge in [0, 0.05) is 60.7 Å². The van der Waals surface area contributed by atoms with Gasteiger partial charge < -0.3 is 15.1 Å². The summed E-state index contributed by atoms with van der Waals surface area (Å²) < 4.78 is 3.36. The first-order valence-corrected chi connectivity index (χ1v) is 12.9. The van der Waals surface area contributed by atoms with Crippen LogP contribution in [0.1, 0.15) is 0 Å². The van der Waals surface area contributed by atoms with Gasteiger partial charge in [0.2, 0.25) is 11.1 Å². The van der Waals surface area contributed by atoms with Crippen molar-refractivity contribution in [3.63, 3.8) is 0 Å². The summed E-state index contributed by atoms with van der Waals surface area (Å²) in [5.41, 5.74) is 3.56. The maximum Gasteiger partial charge on any atom is 0.284 e. The van der Waals surface area contributed by atoms with E-state index in [1.165, 1.54) is 23.2 Å². The lowest BCUT2D eigenvalue weighted by molar-refractivity contribution is 0.313. The second kappa shape index (κ2) is 8.64. The molecule has 0 radical (unpaired) electrons. The Kier molecular flexibility index (Phi) is 5.11. The first-order chi connectivity index (χ1) is 18.2. The van der Waals surface area contributed by atoms with Gasteiger partial charge in [0.15, 0.2) is 11.3 Å². The number of fused-ring (bicyclic) bond motifs is 4. The van der Waals surface area contributed by atoms with E-state index < -0.39 is 0 Å². The highest BCUT2D eigenvalue weighted by atomic mass is 32.1. The molecule has 11 heteroatoms. The van der Waals surface area contributed by atoms with Crippen molar-refractivity contribution in [3.8, 4) is 5.13 Å². The molecule has 1 fully saturated rings. The SMILES string of the molecule is CN1CCN(c2ccc(Nc3ncc4c(=O)n5c(nc4n3)c3ccccc3n5-c3nccs3)cc2)CC1. The fraction of sp³-hybridized carbons (Fsp3) is 0.192. The van der Waals surface area contributed by atoms with Crippen LogP contribution in [0.15, 0.2) is 71.1 Å². The summed E-state index contributed by atoms with van der Waals surface area (Å²) in [5.74, 6) is 0.389. The molecule has 4 aromatic heterocycles. The summed E-state index contributed by atoms with van der Waals surface area (Å²) in [5, 5.41) is 7.02. The molecule has 2 aromatic carbocycles. The van der Waals surface area contributed by atoms with E-state index in [9.17, 15) is 4.79 Å². The third kappa shape index (κ3) is 3.71. The van der Waals surface area contributed by atoms with Crippen LogP contribution in [0.5, 0.6) is 0 Å². The van der Waals surface area contributed by atoms with Gasteiger partial charge in [0.25, 0.3) is 5.56 Å². The number of benzene rings is 2. The quantitative estimate of drug-likeness (QED) is 0.386. The number of anilines is 3. The normalized spacial score (nSPS) is 14.7. The fourth-order valence-corrected chi connectivity index (χ4v) is 5.45. The maximum atomic E-state index is 13.6. The summed E-state index contributed by atoms with van der Waals surface area (Å²) in [7, 11) is 2.15. The molecule has 184 valence electrons. The van der Waals surface area contributed by atoms with Crippen LogP contribution in [0.25, 0.3) is 32.7 Å². The molecule has 6 aromatic rings. The van der Waals surface area contributed by atoms with Gasteiger partial charge in [-0.3, -0.25) is 4.79 Å². The fourth-order valence-electron chi connectivity index (χ4n) is 4.80. The molecule has 0 amide bonds. The molecule has 1 aliphatic heterocycles. The Morgan fingerprint density at radius 3 is 2.51 bits per heavy atom. The number of thiazole rings is 1. The minimum absolute atomic E-state index is 0.241. The lowest BCUT2D eigenvalue weighted by Crippen LogP contribution is -2.44. The second-order valence-corrected chi connectivity index (χ2v) is 9.96. The van der Waals surface area contributed by atoms with Crippen LogP contribution < -0.4 is 15.8 Å². The molecule has 0 saturated carbocycles. The highest BCUT2D eigenvalue weighted by molar-refractivity contribution is 7.12. The number of para-hydroxylation sites is 1. The van der Waals surface area contributed by atoms with Crippen LogP contribution in [-0.2, 0) is 0 Å². The molecule has 1 saturated heterocycles. The highest BCUT2D eigenvalue weighted by Crippen LogP contribution is 2.26. The average molecular weight is 510 g/mol. The zero-order valence-corrected chi connectivity index (χ0v) is 20.9. The van der Waals surface area contributed by atoms with Crippen molar-refractivity contribution in [2.24, 2.45) is 0 Å². The molecule has 5 heterocycles. The third-order valence-electron chi connectivity index (χ3n) is 6.77. The van der Waals surface area contributed by atoms with Crippen LogP contribution in [-0.4, -0.2) is 67.3 Å². The Balaban J connectivity index is 1.27. The Morgan fingerprint density at radius 2 is 1.73 bits per heavy atom. The molecule has 0 spiro atoms. The minimum Gasteiger partial charge on any atom is -0.369 e. The molecule has 0 aliphatic carbocycles. The van der Waals surface area contributed by atoms with Gasteiger partial charge in [-0.1, -0.05) is 12.1 Å². The second-order valence-electron chi connectivity index (χ2n) is 9.09. The summed E-state index contributed by atoms with van der Waals surface area (Å²) in [6.07, 6.45) is 3.26. The Bertz CT molecular complexity index is 1800. The number of rotatable bonds is 4. The van der Waals surface area contributed by atoms with E-state index in [0.717, 1.165) is 42.8 Å². The van der Waals surface area contributed by atoms with Gasteiger partial charge in [0.1, 0.15) is 5.39 Å². The first-order valence-electron chi connectivity index (χ1n) is 12.1. The predicted molar refractivity (Wildman–Crippen MR) is 146 cm³/mol. The van der Waals surface area contributed by atoms with Crippen molar-refractivity contribution < 1.29 is 0 Å².